The van der Waals surface area contributed by atoms with Crippen molar-refractivity contribution in [3.8, 4) is 0 Å². The minimum atomic E-state index is -0.546. The highest BCUT2D eigenvalue weighted by Crippen LogP contribution is 2.61. The first-order valence-corrected chi connectivity index (χ1v) is 10.7. The number of nitro benzene ring substituents is 1. The maximum Gasteiger partial charge on any atom is 0.270 e. The van der Waals surface area contributed by atoms with Crippen LogP contribution in [0.1, 0.15) is 53.9 Å². The van der Waals surface area contributed by atoms with E-state index >= 15 is 0 Å². The number of nitrogens with one attached hydrogen (secondary N) is 1. The highest BCUT2D eigenvalue weighted by atomic mass is 35.5. The van der Waals surface area contributed by atoms with Crippen LogP contribution in [0.3, 0.4) is 0 Å². The number of aromatic nitrogens is 2. The lowest BCUT2D eigenvalue weighted by atomic mass is 9.50. The van der Waals surface area contributed by atoms with Gasteiger partial charge >= 0.3 is 0 Å². The van der Waals surface area contributed by atoms with Crippen LogP contribution in [-0.2, 0) is 5.41 Å². The van der Waals surface area contributed by atoms with E-state index < -0.39 is 10.8 Å². The van der Waals surface area contributed by atoms with Crippen molar-refractivity contribution in [1.82, 2.24) is 10.2 Å². The average Bonchev–Trinajstić information content (AvgIpc) is 3.09. The maximum atomic E-state index is 12.5. The molecule has 0 aliphatic heterocycles. The summed E-state index contributed by atoms with van der Waals surface area (Å²) in [6.45, 7) is 0. The molecule has 1 aromatic heterocycles. The van der Waals surface area contributed by atoms with Gasteiger partial charge in [0.2, 0.25) is 5.13 Å². The molecule has 1 heterocycles. The molecule has 0 unspecified atom stereocenters. The van der Waals surface area contributed by atoms with E-state index in [9.17, 15) is 14.9 Å². The zero-order valence-electron chi connectivity index (χ0n) is 15.1. The molecule has 9 heteroatoms. The largest absolute Gasteiger partial charge is 0.296 e. The third kappa shape index (κ3) is 2.99. The fourth-order valence-corrected chi connectivity index (χ4v) is 7.04. The molecule has 4 saturated carbocycles. The SMILES string of the molecule is O=C(Nc1nnc(C23CC4CC(CC(C4)C2)C3)s1)c1ccc([N+](=O)[O-])cc1Cl. The molecule has 0 atom stereocenters. The Morgan fingerprint density at radius 2 is 1.82 bits per heavy atom. The van der Waals surface area contributed by atoms with Crippen LogP contribution in [0, 0.1) is 27.9 Å². The van der Waals surface area contributed by atoms with Crippen molar-refractivity contribution in [3.05, 3.63) is 43.9 Å². The number of halogens is 1. The van der Waals surface area contributed by atoms with Gasteiger partial charge in [0.15, 0.2) is 0 Å². The van der Waals surface area contributed by atoms with Gasteiger partial charge in [-0.25, -0.2) is 0 Å². The molecule has 1 N–H and O–H groups in total. The van der Waals surface area contributed by atoms with E-state index in [4.69, 9.17) is 11.6 Å². The summed E-state index contributed by atoms with van der Waals surface area (Å²) in [5.41, 5.74) is 0.167. The molecule has 2 aromatic rings. The third-order valence-electron chi connectivity index (χ3n) is 6.55. The zero-order valence-corrected chi connectivity index (χ0v) is 16.6. The van der Waals surface area contributed by atoms with Crippen LogP contribution < -0.4 is 5.32 Å². The molecule has 1 amide bonds. The van der Waals surface area contributed by atoms with Gasteiger partial charge in [-0.05, 0) is 62.3 Å². The lowest BCUT2D eigenvalue weighted by Gasteiger charge is -2.55. The Hall–Kier alpha value is -2.06. The van der Waals surface area contributed by atoms with E-state index in [-0.39, 0.29) is 21.7 Å². The maximum absolute atomic E-state index is 12.5. The van der Waals surface area contributed by atoms with Crippen LogP contribution in [0.5, 0.6) is 0 Å². The smallest absolute Gasteiger partial charge is 0.270 e. The van der Waals surface area contributed by atoms with Crippen molar-refractivity contribution < 1.29 is 9.72 Å². The average molecular weight is 419 g/mol. The van der Waals surface area contributed by atoms with E-state index in [2.05, 4.69) is 15.5 Å². The van der Waals surface area contributed by atoms with Gasteiger partial charge < -0.3 is 0 Å². The van der Waals surface area contributed by atoms with Gasteiger partial charge in [0.05, 0.1) is 15.5 Å². The third-order valence-corrected chi connectivity index (χ3v) is 7.94. The molecule has 7 nitrogen and oxygen atoms in total. The monoisotopic (exact) mass is 418 g/mol. The van der Waals surface area contributed by atoms with Crippen molar-refractivity contribution in [3.63, 3.8) is 0 Å². The topological polar surface area (TPSA) is 98.0 Å². The number of hydrogen-bond donors (Lipinski definition) is 1. The summed E-state index contributed by atoms with van der Waals surface area (Å²) in [6, 6.07) is 3.80. The first kappa shape index (κ1) is 18.0. The summed E-state index contributed by atoms with van der Waals surface area (Å²) in [6.07, 6.45) is 7.65. The fourth-order valence-electron chi connectivity index (χ4n) is 5.83. The number of anilines is 1. The second-order valence-corrected chi connectivity index (χ2v) is 9.87. The van der Waals surface area contributed by atoms with Crippen LogP contribution >= 0.6 is 22.9 Å². The molecule has 4 aliphatic rings. The fraction of sp³-hybridized carbons (Fsp3) is 0.526. The molecule has 0 spiro atoms. The van der Waals surface area contributed by atoms with E-state index in [0.717, 1.165) is 22.8 Å². The summed E-state index contributed by atoms with van der Waals surface area (Å²) in [4.78, 5) is 22.8. The molecule has 0 saturated heterocycles. The quantitative estimate of drug-likeness (QED) is 0.566. The summed E-state index contributed by atoms with van der Waals surface area (Å²) in [5.74, 6) is 2.00. The van der Waals surface area contributed by atoms with E-state index in [0.29, 0.717) is 5.13 Å². The Morgan fingerprint density at radius 1 is 1.18 bits per heavy atom. The van der Waals surface area contributed by atoms with Gasteiger partial charge in [0.1, 0.15) is 5.01 Å². The Morgan fingerprint density at radius 3 is 2.39 bits per heavy atom. The van der Waals surface area contributed by atoms with Crippen molar-refractivity contribution in [2.24, 2.45) is 17.8 Å². The molecule has 6 rings (SSSR count). The Bertz CT molecular complexity index is 941. The highest BCUT2D eigenvalue weighted by molar-refractivity contribution is 7.15. The van der Waals surface area contributed by atoms with Crippen LogP contribution in [0.2, 0.25) is 5.02 Å². The van der Waals surface area contributed by atoms with Gasteiger partial charge in [-0.1, -0.05) is 22.9 Å². The number of nitrogens with zero attached hydrogens (tertiary/aromatic N) is 3. The molecule has 4 fully saturated rings. The second-order valence-electron chi connectivity index (χ2n) is 8.49. The Kier molecular flexibility index (Phi) is 4.17. The number of carbonyl (C=O) groups is 1. The number of hydrogen-bond acceptors (Lipinski definition) is 6. The molecule has 0 radical (unpaired) electrons. The predicted molar refractivity (Wildman–Crippen MR) is 106 cm³/mol. The van der Waals surface area contributed by atoms with Crippen molar-refractivity contribution in [2.45, 2.75) is 43.9 Å². The molecule has 1 aromatic carbocycles. The van der Waals surface area contributed by atoms with E-state index in [1.807, 2.05) is 0 Å². The van der Waals surface area contributed by atoms with Crippen molar-refractivity contribution >= 4 is 39.7 Å². The standard InChI is InChI=1S/C19H19ClN4O3S/c20-15-6-13(24(26)27)1-2-14(15)16(25)21-18-23-22-17(28-18)19-7-10-3-11(8-19)5-12(4-10)9-19/h1-2,6,10-12H,3-5,7-9H2,(H,21,23,25). The van der Waals surface area contributed by atoms with Crippen molar-refractivity contribution in [2.75, 3.05) is 5.32 Å². The number of amides is 1. The lowest BCUT2D eigenvalue weighted by Crippen LogP contribution is -2.48. The number of rotatable bonds is 4. The summed E-state index contributed by atoms with van der Waals surface area (Å²) in [7, 11) is 0. The van der Waals surface area contributed by atoms with E-state index in [1.165, 1.54) is 68.1 Å². The number of nitro groups is 1. The molecule has 4 bridgehead atoms. The first-order chi connectivity index (χ1) is 13.4. The molecular formula is C19H19ClN4O3S. The summed E-state index contributed by atoms with van der Waals surface area (Å²) < 4.78 is 0. The second kappa shape index (κ2) is 6.49. The zero-order chi connectivity index (χ0) is 19.5. The van der Waals surface area contributed by atoms with Gasteiger partial charge in [-0.2, -0.15) is 0 Å². The summed E-state index contributed by atoms with van der Waals surface area (Å²) >= 11 is 7.51. The molecule has 4 aliphatic carbocycles. The Labute approximate surface area is 170 Å². The highest BCUT2D eigenvalue weighted by Gasteiger charge is 2.53. The van der Waals surface area contributed by atoms with Crippen LogP contribution in [0.25, 0.3) is 0 Å². The molecule has 28 heavy (non-hydrogen) atoms. The predicted octanol–water partition coefficient (Wildman–Crippen LogP) is 4.82. The first-order valence-electron chi connectivity index (χ1n) is 9.51. The van der Waals surface area contributed by atoms with Crippen LogP contribution in [0.4, 0.5) is 10.8 Å². The van der Waals surface area contributed by atoms with Gasteiger partial charge in [0, 0.05) is 17.5 Å². The molecule has 146 valence electrons. The van der Waals surface area contributed by atoms with Crippen LogP contribution in [0.15, 0.2) is 18.2 Å². The molecular weight excluding hydrogens is 400 g/mol. The number of carbonyl (C=O) groups excluding carboxylic acids is 1. The van der Waals surface area contributed by atoms with Crippen molar-refractivity contribution in [1.29, 1.82) is 0 Å². The number of non-ortho nitro benzene ring substituents is 1. The van der Waals surface area contributed by atoms with Gasteiger partial charge in [-0.3, -0.25) is 20.2 Å². The summed E-state index contributed by atoms with van der Waals surface area (Å²) in [5, 5.41) is 23.7. The Balaban J connectivity index is 1.35. The normalized spacial score (nSPS) is 30.4. The van der Waals surface area contributed by atoms with Gasteiger partial charge in [0.25, 0.3) is 11.6 Å². The lowest BCUT2D eigenvalue weighted by molar-refractivity contribution is -0.384. The van der Waals surface area contributed by atoms with Gasteiger partial charge in [-0.15, -0.1) is 10.2 Å². The minimum absolute atomic E-state index is 0.0394. The van der Waals surface area contributed by atoms with Crippen LogP contribution in [-0.4, -0.2) is 21.0 Å². The number of benzene rings is 1. The minimum Gasteiger partial charge on any atom is -0.296 e. The van der Waals surface area contributed by atoms with E-state index in [1.54, 1.807) is 0 Å².